The molecule has 2 aromatic rings. The van der Waals surface area contributed by atoms with Crippen LogP contribution >= 0.6 is 15.9 Å². The molecule has 4 nitrogen and oxygen atoms in total. The van der Waals surface area contributed by atoms with Crippen LogP contribution in [0.4, 0.5) is 4.39 Å². The first kappa shape index (κ1) is 18.6. The van der Waals surface area contributed by atoms with E-state index in [9.17, 15) is 14.0 Å². The smallest absolute Gasteiger partial charge is 0.256 e. The zero-order valence-corrected chi connectivity index (χ0v) is 15.8. The lowest BCUT2D eigenvalue weighted by molar-refractivity contribution is -0.126. The highest BCUT2D eigenvalue weighted by molar-refractivity contribution is 9.10. The molecular formula is C20H20BrFN2O2. The molecule has 26 heavy (non-hydrogen) atoms. The number of likely N-dealkylation sites (tertiary alicyclic amines) is 1. The van der Waals surface area contributed by atoms with E-state index in [1.165, 1.54) is 12.1 Å². The monoisotopic (exact) mass is 418 g/mol. The normalized spacial score (nSPS) is 17.0. The molecule has 1 atom stereocenters. The largest absolute Gasteiger partial charge is 0.352 e. The highest BCUT2D eigenvalue weighted by atomic mass is 79.9. The molecule has 1 N–H and O–H groups in total. The van der Waals surface area contributed by atoms with Crippen molar-refractivity contribution < 1.29 is 14.0 Å². The summed E-state index contributed by atoms with van der Waals surface area (Å²) in [6.07, 6.45) is 1.46. The van der Waals surface area contributed by atoms with Crippen LogP contribution in [0.5, 0.6) is 0 Å². The molecule has 2 aromatic carbocycles. The fourth-order valence-electron chi connectivity index (χ4n) is 3.16. The van der Waals surface area contributed by atoms with Gasteiger partial charge in [0.05, 0.1) is 11.5 Å². The van der Waals surface area contributed by atoms with E-state index in [4.69, 9.17) is 0 Å². The summed E-state index contributed by atoms with van der Waals surface area (Å²) in [7, 11) is 0. The van der Waals surface area contributed by atoms with Crippen LogP contribution in [0.2, 0.25) is 0 Å². The number of amides is 2. The number of benzene rings is 2. The second-order valence-electron chi connectivity index (χ2n) is 6.42. The second-order valence-corrected chi connectivity index (χ2v) is 7.33. The van der Waals surface area contributed by atoms with Gasteiger partial charge in [0, 0.05) is 24.1 Å². The Kier molecular flexibility index (Phi) is 6.04. The van der Waals surface area contributed by atoms with E-state index in [1.807, 2.05) is 24.3 Å². The van der Waals surface area contributed by atoms with E-state index in [2.05, 4.69) is 21.2 Å². The molecule has 1 aliphatic heterocycles. The molecule has 6 heteroatoms. The average molecular weight is 419 g/mol. The van der Waals surface area contributed by atoms with Gasteiger partial charge in [-0.05, 0) is 42.7 Å². The van der Waals surface area contributed by atoms with Crippen LogP contribution in [0.3, 0.4) is 0 Å². The van der Waals surface area contributed by atoms with Crippen LogP contribution in [0.1, 0.15) is 28.8 Å². The first-order chi connectivity index (χ1) is 12.5. The van der Waals surface area contributed by atoms with Crippen molar-refractivity contribution in [2.45, 2.75) is 19.4 Å². The number of piperidine rings is 1. The van der Waals surface area contributed by atoms with Gasteiger partial charge in [-0.25, -0.2) is 4.39 Å². The Balaban J connectivity index is 1.60. The number of hydrogen-bond donors (Lipinski definition) is 1. The number of carbonyl (C=O) groups is 2. The summed E-state index contributed by atoms with van der Waals surface area (Å²) < 4.78 is 14.8. The summed E-state index contributed by atoms with van der Waals surface area (Å²) >= 11 is 3.41. The molecule has 0 saturated carbocycles. The molecule has 136 valence electrons. The Hall–Kier alpha value is -2.21. The van der Waals surface area contributed by atoms with Crippen LogP contribution in [0, 0.1) is 11.7 Å². The van der Waals surface area contributed by atoms with Crippen molar-refractivity contribution in [3.05, 3.63) is 69.9 Å². The quantitative estimate of drug-likeness (QED) is 0.821. The molecule has 0 radical (unpaired) electrons. The highest BCUT2D eigenvalue weighted by Crippen LogP contribution is 2.20. The van der Waals surface area contributed by atoms with E-state index < -0.39 is 5.82 Å². The maximum Gasteiger partial charge on any atom is 0.256 e. The predicted molar refractivity (Wildman–Crippen MR) is 101 cm³/mol. The molecule has 0 aromatic heterocycles. The van der Waals surface area contributed by atoms with Crippen molar-refractivity contribution in [1.29, 1.82) is 0 Å². The van der Waals surface area contributed by atoms with E-state index in [1.54, 1.807) is 17.0 Å². The number of rotatable bonds is 4. The van der Waals surface area contributed by atoms with Gasteiger partial charge in [0.1, 0.15) is 5.82 Å². The standard InChI is InChI=1S/C20H20BrFN2O2/c21-16-7-3-5-14(11-16)12-23-19(25)15-6-4-10-24(13-15)20(26)17-8-1-2-9-18(17)22/h1-3,5,7-9,11,15H,4,6,10,12-13H2,(H,23,25). The molecule has 1 heterocycles. The van der Waals surface area contributed by atoms with Crippen LogP contribution in [-0.4, -0.2) is 29.8 Å². The van der Waals surface area contributed by atoms with Gasteiger partial charge in [-0.15, -0.1) is 0 Å². The minimum Gasteiger partial charge on any atom is -0.352 e. The molecule has 2 amide bonds. The van der Waals surface area contributed by atoms with Crippen LogP contribution < -0.4 is 5.32 Å². The van der Waals surface area contributed by atoms with Gasteiger partial charge in [-0.1, -0.05) is 40.2 Å². The van der Waals surface area contributed by atoms with Crippen LogP contribution in [0.15, 0.2) is 53.0 Å². The molecule has 0 aliphatic carbocycles. The minimum atomic E-state index is -0.529. The fourth-order valence-corrected chi connectivity index (χ4v) is 3.61. The van der Waals surface area contributed by atoms with Gasteiger partial charge < -0.3 is 10.2 Å². The topological polar surface area (TPSA) is 49.4 Å². The van der Waals surface area contributed by atoms with Crippen LogP contribution in [0.25, 0.3) is 0 Å². The highest BCUT2D eigenvalue weighted by Gasteiger charge is 2.29. The van der Waals surface area contributed by atoms with E-state index >= 15 is 0 Å². The lowest BCUT2D eigenvalue weighted by Gasteiger charge is -2.32. The van der Waals surface area contributed by atoms with Crippen LogP contribution in [-0.2, 0) is 11.3 Å². The van der Waals surface area contributed by atoms with Gasteiger partial charge >= 0.3 is 0 Å². The number of nitrogens with one attached hydrogen (secondary N) is 1. The van der Waals surface area contributed by atoms with Gasteiger partial charge in [-0.2, -0.15) is 0 Å². The Morgan fingerprint density at radius 1 is 1.19 bits per heavy atom. The van der Waals surface area contributed by atoms with Crippen molar-refractivity contribution in [3.8, 4) is 0 Å². The average Bonchev–Trinajstić information content (AvgIpc) is 2.66. The summed E-state index contributed by atoms with van der Waals surface area (Å²) in [5.41, 5.74) is 1.06. The number of hydrogen-bond acceptors (Lipinski definition) is 2. The third kappa shape index (κ3) is 4.49. The molecule has 3 rings (SSSR count). The Morgan fingerprint density at radius 3 is 2.77 bits per heavy atom. The number of nitrogens with zero attached hydrogens (tertiary/aromatic N) is 1. The van der Waals surface area contributed by atoms with Gasteiger partial charge in [0.2, 0.25) is 5.91 Å². The third-order valence-electron chi connectivity index (χ3n) is 4.54. The molecule has 1 fully saturated rings. The minimum absolute atomic E-state index is 0.0580. The first-order valence-electron chi connectivity index (χ1n) is 8.60. The molecule has 0 spiro atoms. The first-order valence-corrected chi connectivity index (χ1v) is 9.40. The molecule has 0 bridgehead atoms. The summed E-state index contributed by atoms with van der Waals surface area (Å²) in [6.45, 7) is 1.30. The lowest BCUT2D eigenvalue weighted by Crippen LogP contribution is -2.45. The van der Waals surface area contributed by atoms with E-state index in [-0.39, 0.29) is 23.3 Å². The zero-order chi connectivity index (χ0) is 18.5. The Morgan fingerprint density at radius 2 is 2.00 bits per heavy atom. The van der Waals surface area contributed by atoms with Crippen molar-refractivity contribution in [3.63, 3.8) is 0 Å². The number of halogens is 2. The molecular weight excluding hydrogens is 399 g/mol. The summed E-state index contributed by atoms with van der Waals surface area (Å²) in [4.78, 5) is 26.6. The summed E-state index contributed by atoms with van der Waals surface area (Å²) in [6, 6.07) is 13.7. The SMILES string of the molecule is O=C(NCc1cccc(Br)c1)C1CCCN(C(=O)c2ccccc2F)C1. The Bertz CT molecular complexity index is 812. The summed E-state index contributed by atoms with van der Waals surface area (Å²) in [5, 5.41) is 2.93. The van der Waals surface area contributed by atoms with E-state index in [0.29, 0.717) is 19.6 Å². The molecule has 1 aliphatic rings. The van der Waals surface area contributed by atoms with Crippen molar-refractivity contribution in [2.24, 2.45) is 5.92 Å². The Labute approximate surface area is 160 Å². The predicted octanol–water partition coefficient (Wildman–Crippen LogP) is 3.76. The maximum absolute atomic E-state index is 13.9. The molecule has 1 saturated heterocycles. The zero-order valence-electron chi connectivity index (χ0n) is 14.3. The van der Waals surface area contributed by atoms with Gasteiger partial charge in [-0.3, -0.25) is 9.59 Å². The maximum atomic E-state index is 13.9. The number of carbonyl (C=O) groups excluding carboxylic acids is 2. The summed E-state index contributed by atoms with van der Waals surface area (Å²) in [5.74, 6) is -1.23. The lowest BCUT2D eigenvalue weighted by atomic mass is 9.96. The van der Waals surface area contributed by atoms with Gasteiger partial charge in [0.15, 0.2) is 0 Å². The molecule has 1 unspecified atom stereocenters. The van der Waals surface area contributed by atoms with Crippen molar-refractivity contribution in [1.82, 2.24) is 10.2 Å². The van der Waals surface area contributed by atoms with E-state index in [0.717, 1.165) is 22.9 Å². The van der Waals surface area contributed by atoms with Crippen molar-refractivity contribution >= 4 is 27.7 Å². The van der Waals surface area contributed by atoms with Crippen molar-refractivity contribution in [2.75, 3.05) is 13.1 Å². The fraction of sp³-hybridized carbons (Fsp3) is 0.300. The second kappa shape index (κ2) is 8.45. The van der Waals surface area contributed by atoms with Gasteiger partial charge in [0.25, 0.3) is 5.91 Å². The third-order valence-corrected chi connectivity index (χ3v) is 5.03.